The third-order valence-corrected chi connectivity index (χ3v) is 4.25. The number of β-amino-alcohol motifs (C(OH)–C–C–N with tert-alkyl or cyclic N) is 1. The van der Waals surface area contributed by atoms with Gasteiger partial charge >= 0.3 is 0 Å². The minimum atomic E-state index is -0.500. The Morgan fingerprint density at radius 1 is 1.38 bits per heavy atom. The molecule has 1 aliphatic heterocycles. The zero-order chi connectivity index (χ0) is 12.2. The highest BCUT2D eigenvalue weighted by Gasteiger charge is 2.33. The second kappa shape index (κ2) is 5.48. The number of aliphatic hydroxyl groups is 1. The van der Waals surface area contributed by atoms with E-state index >= 15 is 0 Å². The Bertz CT molecular complexity index is 204. The summed E-state index contributed by atoms with van der Waals surface area (Å²) < 4.78 is 0. The van der Waals surface area contributed by atoms with Crippen molar-refractivity contribution in [3.63, 3.8) is 0 Å². The Morgan fingerprint density at radius 3 is 2.44 bits per heavy atom. The fourth-order valence-electron chi connectivity index (χ4n) is 2.76. The van der Waals surface area contributed by atoms with E-state index in [1.807, 2.05) is 6.92 Å². The van der Waals surface area contributed by atoms with Gasteiger partial charge in [-0.15, -0.1) is 0 Å². The third-order valence-electron chi connectivity index (χ3n) is 4.25. The van der Waals surface area contributed by atoms with E-state index in [9.17, 15) is 5.11 Å². The summed E-state index contributed by atoms with van der Waals surface area (Å²) in [6.07, 6.45) is 4.27. The Morgan fingerprint density at radius 2 is 2.00 bits per heavy atom. The van der Waals surface area contributed by atoms with Crippen LogP contribution in [0.3, 0.4) is 0 Å². The molecule has 1 rings (SSSR count). The second-order valence-electron chi connectivity index (χ2n) is 5.72. The molecule has 0 saturated carbocycles. The molecule has 0 amide bonds. The number of nitrogens with two attached hydrogens (primary N) is 1. The first kappa shape index (κ1) is 13.9. The van der Waals surface area contributed by atoms with E-state index in [-0.39, 0.29) is 5.41 Å². The first-order valence-corrected chi connectivity index (χ1v) is 6.62. The summed E-state index contributed by atoms with van der Waals surface area (Å²) in [7, 11) is 0. The van der Waals surface area contributed by atoms with Gasteiger partial charge in [0.1, 0.15) is 0 Å². The van der Waals surface area contributed by atoms with Gasteiger partial charge in [0.25, 0.3) is 0 Å². The quantitative estimate of drug-likeness (QED) is 0.751. The maximum absolute atomic E-state index is 10.1. The molecule has 96 valence electrons. The van der Waals surface area contributed by atoms with Gasteiger partial charge in [0.2, 0.25) is 0 Å². The van der Waals surface area contributed by atoms with Crippen LogP contribution >= 0.6 is 0 Å². The Kier molecular flexibility index (Phi) is 4.77. The molecule has 1 unspecified atom stereocenters. The summed E-state index contributed by atoms with van der Waals surface area (Å²) in [5.74, 6) is 0. The van der Waals surface area contributed by atoms with Gasteiger partial charge in [-0.05, 0) is 51.1 Å². The standard InChI is InChI=1S/C13H28N2O/c1-4-13(5-2,9-14)11-15-8-6-7-12(3,16)10-15/h16H,4-11,14H2,1-3H3. The van der Waals surface area contributed by atoms with Crippen LogP contribution in [0.1, 0.15) is 46.5 Å². The van der Waals surface area contributed by atoms with Crippen molar-refractivity contribution in [2.45, 2.75) is 52.1 Å². The summed E-state index contributed by atoms with van der Waals surface area (Å²) in [6.45, 7) is 10.1. The number of hydrogen-bond donors (Lipinski definition) is 2. The zero-order valence-corrected chi connectivity index (χ0v) is 11.1. The normalized spacial score (nSPS) is 28.3. The van der Waals surface area contributed by atoms with Crippen molar-refractivity contribution < 1.29 is 5.11 Å². The van der Waals surface area contributed by atoms with Crippen LogP contribution in [0.5, 0.6) is 0 Å². The molecule has 0 aromatic heterocycles. The molecule has 3 nitrogen and oxygen atoms in total. The molecule has 0 bridgehead atoms. The van der Waals surface area contributed by atoms with Gasteiger partial charge in [-0.2, -0.15) is 0 Å². The largest absolute Gasteiger partial charge is 0.389 e. The summed E-state index contributed by atoms with van der Waals surface area (Å²) in [5.41, 5.74) is 5.67. The molecule has 1 saturated heterocycles. The Labute approximate surface area is 100 Å². The van der Waals surface area contributed by atoms with E-state index in [1.165, 1.54) is 0 Å². The molecule has 1 fully saturated rings. The van der Waals surface area contributed by atoms with Crippen LogP contribution in [0.15, 0.2) is 0 Å². The lowest BCUT2D eigenvalue weighted by atomic mass is 9.81. The van der Waals surface area contributed by atoms with E-state index in [2.05, 4.69) is 18.7 Å². The number of nitrogens with zero attached hydrogens (tertiary/aromatic N) is 1. The molecule has 0 aliphatic carbocycles. The van der Waals surface area contributed by atoms with E-state index in [4.69, 9.17) is 5.73 Å². The van der Waals surface area contributed by atoms with Crippen molar-refractivity contribution in [3.8, 4) is 0 Å². The monoisotopic (exact) mass is 228 g/mol. The highest BCUT2D eigenvalue weighted by atomic mass is 16.3. The maximum Gasteiger partial charge on any atom is 0.0746 e. The fourth-order valence-corrected chi connectivity index (χ4v) is 2.76. The van der Waals surface area contributed by atoms with Gasteiger partial charge in [-0.25, -0.2) is 0 Å². The number of hydrogen-bond acceptors (Lipinski definition) is 3. The molecule has 0 aromatic rings. The van der Waals surface area contributed by atoms with Crippen LogP contribution in [-0.2, 0) is 0 Å². The van der Waals surface area contributed by atoms with E-state index in [1.54, 1.807) is 0 Å². The molecule has 16 heavy (non-hydrogen) atoms. The molecule has 1 heterocycles. The summed E-state index contributed by atoms with van der Waals surface area (Å²) in [5, 5.41) is 10.1. The molecule has 0 aromatic carbocycles. The zero-order valence-electron chi connectivity index (χ0n) is 11.1. The predicted molar refractivity (Wildman–Crippen MR) is 68.4 cm³/mol. The molecule has 3 heteroatoms. The van der Waals surface area contributed by atoms with Crippen LogP contribution in [0, 0.1) is 5.41 Å². The highest BCUT2D eigenvalue weighted by Crippen LogP contribution is 2.29. The van der Waals surface area contributed by atoms with Gasteiger partial charge < -0.3 is 10.8 Å². The number of likely N-dealkylation sites (tertiary alicyclic amines) is 1. The average molecular weight is 228 g/mol. The van der Waals surface area contributed by atoms with Crippen molar-refractivity contribution in [1.82, 2.24) is 4.90 Å². The van der Waals surface area contributed by atoms with Crippen molar-refractivity contribution in [3.05, 3.63) is 0 Å². The van der Waals surface area contributed by atoms with Crippen molar-refractivity contribution in [1.29, 1.82) is 0 Å². The van der Waals surface area contributed by atoms with Gasteiger partial charge in [0.05, 0.1) is 5.60 Å². The van der Waals surface area contributed by atoms with Crippen molar-refractivity contribution in [2.24, 2.45) is 11.1 Å². The van der Waals surface area contributed by atoms with Gasteiger partial charge in [-0.3, -0.25) is 4.90 Å². The predicted octanol–water partition coefficient (Wildman–Crippen LogP) is 1.60. The lowest BCUT2D eigenvalue weighted by molar-refractivity contribution is -0.0287. The maximum atomic E-state index is 10.1. The molecule has 3 N–H and O–H groups in total. The lowest BCUT2D eigenvalue weighted by Crippen LogP contribution is -2.51. The van der Waals surface area contributed by atoms with Crippen LogP contribution in [0.4, 0.5) is 0 Å². The fraction of sp³-hybridized carbons (Fsp3) is 1.00. The molecular formula is C13H28N2O. The Balaban J connectivity index is 2.58. The summed E-state index contributed by atoms with van der Waals surface area (Å²) in [6, 6.07) is 0. The molecule has 0 radical (unpaired) electrons. The lowest BCUT2D eigenvalue weighted by Gasteiger charge is -2.42. The molecule has 0 spiro atoms. The topological polar surface area (TPSA) is 49.5 Å². The first-order valence-electron chi connectivity index (χ1n) is 6.62. The minimum Gasteiger partial charge on any atom is -0.389 e. The summed E-state index contributed by atoms with van der Waals surface area (Å²) >= 11 is 0. The SMILES string of the molecule is CCC(CC)(CN)CN1CCCC(C)(O)C1. The average Bonchev–Trinajstić information content (AvgIpc) is 2.25. The number of piperidine rings is 1. The second-order valence-corrected chi connectivity index (χ2v) is 5.72. The van der Waals surface area contributed by atoms with E-state index in [0.29, 0.717) is 0 Å². The van der Waals surface area contributed by atoms with Crippen LogP contribution in [0.25, 0.3) is 0 Å². The molecule has 1 aliphatic rings. The van der Waals surface area contributed by atoms with Gasteiger partial charge in [0, 0.05) is 13.1 Å². The van der Waals surface area contributed by atoms with Gasteiger partial charge in [0.15, 0.2) is 0 Å². The minimum absolute atomic E-state index is 0.243. The van der Waals surface area contributed by atoms with Crippen molar-refractivity contribution in [2.75, 3.05) is 26.2 Å². The van der Waals surface area contributed by atoms with E-state index < -0.39 is 5.60 Å². The van der Waals surface area contributed by atoms with Crippen LogP contribution in [0.2, 0.25) is 0 Å². The summed E-state index contributed by atoms with van der Waals surface area (Å²) in [4.78, 5) is 2.39. The smallest absolute Gasteiger partial charge is 0.0746 e. The third kappa shape index (κ3) is 3.44. The molecule has 1 atom stereocenters. The van der Waals surface area contributed by atoms with Gasteiger partial charge in [-0.1, -0.05) is 13.8 Å². The van der Waals surface area contributed by atoms with E-state index in [0.717, 1.165) is 51.9 Å². The first-order chi connectivity index (χ1) is 7.47. The molecular weight excluding hydrogens is 200 g/mol. The number of rotatable bonds is 5. The van der Waals surface area contributed by atoms with Crippen LogP contribution < -0.4 is 5.73 Å². The van der Waals surface area contributed by atoms with Crippen LogP contribution in [-0.4, -0.2) is 41.8 Å². The highest BCUT2D eigenvalue weighted by molar-refractivity contribution is 4.88. The Hall–Kier alpha value is -0.120. The van der Waals surface area contributed by atoms with Crippen molar-refractivity contribution >= 4 is 0 Å².